The van der Waals surface area contributed by atoms with Crippen LogP contribution in [0, 0.1) is 0 Å². The standard InChI is InChI=1S/C13H18BrNO/c1-9-6-7-13(16-9)12(15)8-10-4-2-3-5-11(10)14/h2-5,9,12-13H,6-8,15H2,1H3. The molecular weight excluding hydrogens is 266 g/mol. The Labute approximate surface area is 105 Å². The number of ether oxygens (including phenoxy) is 1. The Kier molecular flexibility index (Phi) is 4.00. The minimum atomic E-state index is 0.101. The van der Waals surface area contributed by atoms with Gasteiger partial charge in [-0.15, -0.1) is 0 Å². The van der Waals surface area contributed by atoms with E-state index in [-0.39, 0.29) is 12.1 Å². The molecule has 0 radical (unpaired) electrons. The SMILES string of the molecule is CC1CCC(C(N)Cc2ccccc2Br)O1. The summed E-state index contributed by atoms with van der Waals surface area (Å²) in [7, 11) is 0. The van der Waals surface area contributed by atoms with E-state index in [0.29, 0.717) is 6.10 Å². The van der Waals surface area contributed by atoms with Crippen LogP contribution >= 0.6 is 15.9 Å². The molecule has 2 N–H and O–H groups in total. The summed E-state index contributed by atoms with van der Waals surface area (Å²) < 4.78 is 6.93. The first-order valence-electron chi connectivity index (χ1n) is 5.81. The van der Waals surface area contributed by atoms with Gasteiger partial charge in [-0.2, -0.15) is 0 Å². The van der Waals surface area contributed by atoms with Gasteiger partial charge in [0, 0.05) is 10.5 Å². The number of hydrogen-bond acceptors (Lipinski definition) is 2. The molecule has 3 unspecified atom stereocenters. The molecule has 1 aliphatic rings. The molecule has 2 rings (SSSR count). The quantitative estimate of drug-likeness (QED) is 0.926. The van der Waals surface area contributed by atoms with E-state index in [4.69, 9.17) is 10.5 Å². The first-order valence-corrected chi connectivity index (χ1v) is 6.60. The van der Waals surface area contributed by atoms with Crippen LogP contribution in [0.2, 0.25) is 0 Å². The average molecular weight is 284 g/mol. The summed E-state index contributed by atoms with van der Waals surface area (Å²) in [6.07, 6.45) is 3.69. The molecule has 2 nitrogen and oxygen atoms in total. The lowest BCUT2D eigenvalue weighted by molar-refractivity contribution is 0.0404. The van der Waals surface area contributed by atoms with Gasteiger partial charge in [0.15, 0.2) is 0 Å². The molecule has 1 aromatic carbocycles. The number of nitrogens with two attached hydrogens (primary N) is 1. The van der Waals surface area contributed by atoms with Crippen molar-refractivity contribution >= 4 is 15.9 Å². The normalized spacial score (nSPS) is 26.9. The molecule has 1 fully saturated rings. The van der Waals surface area contributed by atoms with Crippen LogP contribution in [0.4, 0.5) is 0 Å². The zero-order valence-corrected chi connectivity index (χ0v) is 11.1. The monoisotopic (exact) mass is 283 g/mol. The van der Waals surface area contributed by atoms with E-state index in [2.05, 4.69) is 35.0 Å². The lowest BCUT2D eigenvalue weighted by Crippen LogP contribution is -2.36. The van der Waals surface area contributed by atoms with Gasteiger partial charge in [0.2, 0.25) is 0 Å². The summed E-state index contributed by atoms with van der Waals surface area (Å²) in [6.45, 7) is 2.12. The van der Waals surface area contributed by atoms with Crippen LogP contribution < -0.4 is 5.73 Å². The number of benzene rings is 1. The molecule has 88 valence electrons. The van der Waals surface area contributed by atoms with Crippen LogP contribution in [-0.2, 0) is 11.2 Å². The van der Waals surface area contributed by atoms with E-state index >= 15 is 0 Å². The fourth-order valence-electron chi connectivity index (χ4n) is 2.20. The zero-order valence-electron chi connectivity index (χ0n) is 9.53. The van der Waals surface area contributed by atoms with Crippen molar-refractivity contribution in [3.8, 4) is 0 Å². The van der Waals surface area contributed by atoms with Crippen LogP contribution in [0.5, 0.6) is 0 Å². The highest BCUT2D eigenvalue weighted by Crippen LogP contribution is 2.24. The molecule has 0 saturated carbocycles. The van der Waals surface area contributed by atoms with Crippen molar-refractivity contribution < 1.29 is 4.74 Å². The molecule has 0 aromatic heterocycles. The van der Waals surface area contributed by atoms with Gasteiger partial charge in [0.05, 0.1) is 12.2 Å². The van der Waals surface area contributed by atoms with Crippen molar-refractivity contribution in [2.24, 2.45) is 5.73 Å². The van der Waals surface area contributed by atoms with Gasteiger partial charge in [-0.1, -0.05) is 34.1 Å². The fourth-order valence-corrected chi connectivity index (χ4v) is 2.64. The summed E-state index contributed by atoms with van der Waals surface area (Å²) >= 11 is 3.55. The lowest BCUT2D eigenvalue weighted by atomic mass is 10.0. The van der Waals surface area contributed by atoms with Crippen molar-refractivity contribution in [3.63, 3.8) is 0 Å². The maximum Gasteiger partial charge on any atom is 0.0733 e. The van der Waals surface area contributed by atoms with Crippen molar-refractivity contribution in [2.75, 3.05) is 0 Å². The van der Waals surface area contributed by atoms with E-state index in [1.165, 1.54) is 5.56 Å². The predicted octanol–water partition coefficient (Wildman–Crippen LogP) is 2.89. The largest absolute Gasteiger partial charge is 0.374 e. The van der Waals surface area contributed by atoms with E-state index in [1.54, 1.807) is 0 Å². The van der Waals surface area contributed by atoms with Gasteiger partial charge in [-0.25, -0.2) is 0 Å². The maximum absolute atomic E-state index is 6.20. The first kappa shape index (κ1) is 12.1. The van der Waals surface area contributed by atoms with Crippen molar-refractivity contribution in [1.29, 1.82) is 0 Å². The first-order chi connectivity index (χ1) is 7.66. The van der Waals surface area contributed by atoms with E-state index in [1.807, 2.05) is 12.1 Å². The molecule has 0 bridgehead atoms. The molecule has 1 saturated heterocycles. The van der Waals surface area contributed by atoms with Crippen molar-refractivity contribution in [2.45, 2.75) is 44.4 Å². The van der Waals surface area contributed by atoms with E-state index < -0.39 is 0 Å². The van der Waals surface area contributed by atoms with Crippen LogP contribution in [0.25, 0.3) is 0 Å². The summed E-state index contributed by atoms with van der Waals surface area (Å²) in [5.74, 6) is 0. The van der Waals surface area contributed by atoms with Gasteiger partial charge in [-0.3, -0.25) is 0 Å². The molecule has 1 aromatic rings. The van der Waals surface area contributed by atoms with Gasteiger partial charge >= 0.3 is 0 Å². The molecule has 0 amide bonds. The molecule has 0 spiro atoms. The Morgan fingerprint density at radius 2 is 2.19 bits per heavy atom. The van der Waals surface area contributed by atoms with Gasteiger partial charge in [-0.05, 0) is 37.8 Å². The number of rotatable bonds is 3. The maximum atomic E-state index is 6.20. The van der Waals surface area contributed by atoms with Crippen molar-refractivity contribution in [3.05, 3.63) is 34.3 Å². The van der Waals surface area contributed by atoms with Crippen LogP contribution in [0.3, 0.4) is 0 Å². The summed E-state index contributed by atoms with van der Waals surface area (Å²) in [5, 5.41) is 0. The topological polar surface area (TPSA) is 35.2 Å². The Hall–Kier alpha value is -0.380. The second kappa shape index (κ2) is 5.30. The Morgan fingerprint density at radius 1 is 1.44 bits per heavy atom. The highest BCUT2D eigenvalue weighted by atomic mass is 79.9. The smallest absolute Gasteiger partial charge is 0.0733 e. The average Bonchev–Trinajstić information content (AvgIpc) is 2.68. The summed E-state index contributed by atoms with van der Waals surface area (Å²) in [5.41, 5.74) is 7.46. The van der Waals surface area contributed by atoms with E-state index in [0.717, 1.165) is 23.7 Å². The molecule has 1 heterocycles. The highest BCUT2D eigenvalue weighted by molar-refractivity contribution is 9.10. The molecule has 16 heavy (non-hydrogen) atoms. The molecule has 3 atom stereocenters. The Bertz CT molecular complexity index is 356. The fraction of sp³-hybridized carbons (Fsp3) is 0.538. The van der Waals surface area contributed by atoms with Gasteiger partial charge in [0.1, 0.15) is 0 Å². The number of hydrogen-bond donors (Lipinski definition) is 1. The third-order valence-corrected chi connectivity index (χ3v) is 3.93. The summed E-state index contributed by atoms with van der Waals surface area (Å²) in [6, 6.07) is 8.34. The minimum Gasteiger partial charge on any atom is -0.374 e. The third-order valence-electron chi connectivity index (χ3n) is 3.16. The predicted molar refractivity (Wildman–Crippen MR) is 69.4 cm³/mol. The van der Waals surface area contributed by atoms with E-state index in [9.17, 15) is 0 Å². The highest BCUT2D eigenvalue weighted by Gasteiger charge is 2.27. The van der Waals surface area contributed by atoms with Crippen LogP contribution in [0.15, 0.2) is 28.7 Å². The lowest BCUT2D eigenvalue weighted by Gasteiger charge is -2.20. The number of halogens is 1. The van der Waals surface area contributed by atoms with Gasteiger partial charge < -0.3 is 10.5 Å². The molecular formula is C13H18BrNO. The molecule has 0 aliphatic carbocycles. The third kappa shape index (κ3) is 2.84. The molecule has 1 aliphatic heterocycles. The second-order valence-electron chi connectivity index (χ2n) is 4.52. The van der Waals surface area contributed by atoms with Crippen molar-refractivity contribution in [1.82, 2.24) is 0 Å². The Morgan fingerprint density at radius 3 is 2.81 bits per heavy atom. The minimum absolute atomic E-state index is 0.101. The second-order valence-corrected chi connectivity index (χ2v) is 5.38. The van der Waals surface area contributed by atoms with Crippen LogP contribution in [0.1, 0.15) is 25.3 Å². The Balaban J connectivity index is 1.97. The van der Waals surface area contributed by atoms with Crippen LogP contribution in [-0.4, -0.2) is 18.2 Å². The zero-order chi connectivity index (χ0) is 11.5. The molecule has 3 heteroatoms. The summed E-state index contributed by atoms with van der Waals surface area (Å²) in [4.78, 5) is 0. The van der Waals surface area contributed by atoms with Gasteiger partial charge in [0.25, 0.3) is 0 Å².